The molecular weight excluding hydrogens is 266 g/mol. The molecule has 0 saturated heterocycles. The number of aromatic nitrogens is 1. The Labute approximate surface area is 124 Å². The van der Waals surface area contributed by atoms with E-state index in [9.17, 15) is 0 Å². The standard InChI is InChI=1S/C16H21N3S/c1-10-16(20-11(2)18-10)15(19-17)14-9-4-3-8-13(14)12-6-5-7-12/h3-4,8-9,12,15,19H,5-7,17H2,1-2H3. The molecule has 1 fully saturated rings. The first-order valence-corrected chi connectivity index (χ1v) is 8.01. The van der Waals surface area contributed by atoms with Crippen LogP contribution in [0.4, 0.5) is 0 Å². The molecule has 2 aromatic rings. The molecule has 1 aliphatic carbocycles. The molecule has 1 aromatic carbocycles. The van der Waals surface area contributed by atoms with E-state index in [0.717, 1.165) is 10.7 Å². The second kappa shape index (κ2) is 5.64. The van der Waals surface area contributed by atoms with Gasteiger partial charge >= 0.3 is 0 Å². The van der Waals surface area contributed by atoms with Crippen molar-refractivity contribution < 1.29 is 0 Å². The summed E-state index contributed by atoms with van der Waals surface area (Å²) in [5, 5.41) is 1.10. The average Bonchev–Trinajstić information content (AvgIpc) is 2.70. The van der Waals surface area contributed by atoms with E-state index in [2.05, 4.69) is 41.6 Å². The van der Waals surface area contributed by atoms with E-state index in [0.29, 0.717) is 5.92 Å². The van der Waals surface area contributed by atoms with Crippen molar-refractivity contribution in [3.8, 4) is 0 Å². The molecule has 4 heteroatoms. The summed E-state index contributed by atoms with van der Waals surface area (Å²) >= 11 is 1.73. The number of thiazole rings is 1. The quantitative estimate of drug-likeness (QED) is 0.667. The summed E-state index contributed by atoms with van der Waals surface area (Å²) in [7, 11) is 0. The Balaban J connectivity index is 2.03. The van der Waals surface area contributed by atoms with Crippen molar-refractivity contribution in [1.82, 2.24) is 10.4 Å². The summed E-state index contributed by atoms with van der Waals surface area (Å²) in [4.78, 5) is 5.77. The van der Waals surface area contributed by atoms with Gasteiger partial charge < -0.3 is 0 Å². The second-order valence-electron chi connectivity index (χ2n) is 5.54. The summed E-state index contributed by atoms with van der Waals surface area (Å²) in [5.74, 6) is 6.58. The van der Waals surface area contributed by atoms with Gasteiger partial charge in [0.05, 0.1) is 21.6 Å². The summed E-state index contributed by atoms with van der Waals surface area (Å²) in [6, 6.07) is 8.75. The van der Waals surface area contributed by atoms with Gasteiger partial charge in [-0.15, -0.1) is 11.3 Å². The van der Waals surface area contributed by atoms with E-state index in [1.165, 1.54) is 35.3 Å². The molecule has 0 spiro atoms. The van der Waals surface area contributed by atoms with Crippen LogP contribution in [0.5, 0.6) is 0 Å². The zero-order valence-electron chi connectivity index (χ0n) is 12.0. The zero-order valence-corrected chi connectivity index (χ0v) is 12.8. The molecule has 1 aromatic heterocycles. The molecule has 20 heavy (non-hydrogen) atoms. The summed E-state index contributed by atoms with van der Waals surface area (Å²) < 4.78 is 0. The fourth-order valence-electron chi connectivity index (χ4n) is 2.99. The van der Waals surface area contributed by atoms with Crippen LogP contribution in [0.15, 0.2) is 24.3 Å². The molecule has 3 nitrogen and oxygen atoms in total. The Morgan fingerprint density at radius 1 is 1.30 bits per heavy atom. The molecule has 0 amide bonds. The van der Waals surface area contributed by atoms with Crippen LogP contribution in [0.2, 0.25) is 0 Å². The number of nitrogens with zero attached hydrogens (tertiary/aromatic N) is 1. The lowest BCUT2D eigenvalue weighted by Crippen LogP contribution is -2.30. The fraction of sp³-hybridized carbons (Fsp3) is 0.438. The highest BCUT2D eigenvalue weighted by atomic mass is 32.1. The topological polar surface area (TPSA) is 50.9 Å². The highest BCUT2D eigenvalue weighted by Gasteiger charge is 2.26. The number of benzene rings is 1. The van der Waals surface area contributed by atoms with Crippen LogP contribution in [0.1, 0.15) is 57.9 Å². The first-order valence-electron chi connectivity index (χ1n) is 7.19. The first kappa shape index (κ1) is 13.7. The molecule has 0 aliphatic heterocycles. The Hall–Kier alpha value is -1.23. The zero-order chi connectivity index (χ0) is 14.1. The number of nitrogens with one attached hydrogen (secondary N) is 1. The molecule has 1 heterocycles. The van der Waals surface area contributed by atoms with E-state index in [4.69, 9.17) is 5.84 Å². The number of rotatable bonds is 4. The molecule has 0 bridgehead atoms. The highest BCUT2D eigenvalue weighted by molar-refractivity contribution is 7.11. The minimum Gasteiger partial charge on any atom is -0.271 e. The molecule has 1 saturated carbocycles. The molecule has 3 rings (SSSR count). The maximum Gasteiger partial charge on any atom is 0.0900 e. The normalized spacial score (nSPS) is 16.9. The minimum atomic E-state index is 0.0537. The summed E-state index contributed by atoms with van der Waals surface area (Å²) in [6.45, 7) is 4.11. The van der Waals surface area contributed by atoms with Crippen LogP contribution in [0.25, 0.3) is 0 Å². The van der Waals surface area contributed by atoms with Crippen LogP contribution < -0.4 is 11.3 Å². The fourth-order valence-corrected chi connectivity index (χ4v) is 3.99. The maximum absolute atomic E-state index is 5.87. The Bertz CT molecular complexity index is 602. The van der Waals surface area contributed by atoms with Crippen LogP contribution in [0, 0.1) is 13.8 Å². The van der Waals surface area contributed by atoms with Crippen molar-refractivity contribution in [2.75, 3.05) is 0 Å². The minimum absolute atomic E-state index is 0.0537. The number of aryl methyl sites for hydroxylation is 2. The SMILES string of the molecule is Cc1nc(C)c(C(NN)c2ccccc2C2CCC2)s1. The van der Waals surface area contributed by atoms with Gasteiger partial charge in [-0.1, -0.05) is 30.7 Å². The lowest BCUT2D eigenvalue weighted by atomic mass is 9.77. The van der Waals surface area contributed by atoms with Gasteiger partial charge in [0.1, 0.15) is 0 Å². The van der Waals surface area contributed by atoms with Gasteiger partial charge in [0.15, 0.2) is 0 Å². The third-order valence-corrected chi connectivity index (χ3v) is 5.36. The van der Waals surface area contributed by atoms with Crippen LogP contribution in [0.3, 0.4) is 0 Å². The molecule has 1 aliphatic rings. The van der Waals surface area contributed by atoms with E-state index in [1.807, 2.05) is 6.92 Å². The van der Waals surface area contributed by atoms with Gasteiger partial charge in [0, 0.05) is 0 Å². The van der Waals surface area contributed by atoms with Crippen molar-refractivity contribution in [1.29, 1.82) is 0 Å². The molecule has 0 radical (unpaired) electrons. The largest absolute Gasteiger partial charge is 0.271 e. The summed E-state index contributed by atoms with van der Waals surface area (Å²) in [5.41, 5.74) is 6.85. The summed E-state index contributed by atoms with van der Waals surface area (Å²) in [6.07, 6.45) is 3.95. The molecule has 3 N–H and O–H groups in total. The van der Waals surface area contributed by atoms with Crippen molar-refractivity contribution in [3.05, 3.63) is 51.0 Å². The number of hydrogen-bond acceptors (Lipinski definition) is 4. The predicted octanol–water partition coefficient (Wildman–Crippen LogP) is 3.58. The molecule has 106 valence electrons. The van der Waals surface area contributed by atoms with E-state index < -0.39 is 0 Å². The van der Waals surface area contributed by atoms with Crippen molar-refractivity contribution in [2.45, 2.75) is 45.1 Å². The predicted molar refractivity (Wildman–Crippen MR) is 83.8 cm³/mol. The molecule has 1 unspecified atom stereocenters. The smallest absolute Gasteiger partial charge is 0.0900 e. The maximum atomic E-state index is 5.87. The van der Waals surface area contributed by atoms with Crippen LogP contribution in [-0.2, 0) is 0 Å². The number of nitrogens with two attached hydrogens (primary N) is 1. The van der Waals surface area contributed by atoms with Crippen molar-refractivity contribution in [2.24, 2.45) is 5.84 Å². The third-order valence-electron chi connectivity index (χ3n) is 4.22. The van der Waals surface area contributed by atoms with Gasteiger partial charge in [-0.25, -0.2) is 10.4 Å². The Morgan fingerprint density at radius 3 is 2.60 bits per heavy atom. The van der Waals surface area contributed by atoms with Crippen LogP contribution >= 0.6 is 11.3 Å². The lowest BCUT2D eigenvalue weighted by Gasteiger charge is -2.30. The Kier molecular flexibility index (Phi) is 3.87. The number of hydrogen-bond donors (Lipinski definition) is 2. The molecule has 1 atom stereocenters. The van der Waals surface area contributed by atoms with Gasteiger partial charge in [-0.2, -0.15) is 0 Å². The van der Waals surface area contributed by atoms with E-state index in [1.54, 1.807) is 11.3 Å². The van der Waals surface area contributed by atoms with Gasteiger partial charge in [0.2, 0.25) is 0 Å². The van der Waals surface area contributed by atoms with Gasteiger partial charge in [0.25, 0.3) is 0 Å². The van der Waals surface area contributed by atoms with E-state index in [-0.39, 0.29) is 6.04 Å². The Morgan fingerprint density at radius 2 is 2.05 bits per heavy atom. The van der Waals surface area contributed by atoms with E-state index >= 15 is 0 Å². The van der Waals surface area contributed by atoms with Crippen molar-refractivity contribution in [3.63, 3.8) is 0 Å². The number of hydrazine groups is 1. The third kappa shape index (κ3) is 2.39. The van der Waals surface area contributed by atoms with Gasteiger partial charge in [-0.05, 0) is 43.7 Å². The highest BCUT2D eigenvalue weighted by Crippen LogP contribution is 2.41. The van der Waals surface area contributed by atoms with Crippen molar-refractivity contribution >= 4 is 11.3 Å². The lowest BCUT2D eigenvalue weighted by molar-refractivity contribution is 0.414. The first-order chi connectivity index (χ1) is 9.70. The average molecular weight is 287 g/mol. The van der Waals surface area contributed by atoms with Gasteiger partial charge in [-0.3, -0.25) is 5.84 Å². The second-order valence-corrected chi connectivity index (χ2v) is 6.77. The monoisotopic (exact) mass is 287 g/mol. The molecular formula is C16H21N3S. The van der Waals surface area contributed by atoms with Crippen LogP contribution in [-0.4, -0.2) is 4.98 Å².